The summed E-state index contributed by atoms with van der Waals surface area (Å²) in [5.41, 5.74) is 6.05. The summed E-state index contributed by atoms with van der Waals surface area (Å²) in [6, 6.07) is 0. The van der Waals surface area contributed by atoms with Gasteiger partial charge in [-0.2, -0.15) is 4.98 Å². The molecule has 1 fully saturated rings. The average molecular weight is 263 g/mol. The molecule has 0 aliphatic carbocycles. The lowest BCUT2D eigenvalue weighted by Crippen LogP contribution is -2.30. The van der Waals surface area contributed by atoms with Gasteiger partial charge in [-0.15, -0.1) is 5.10 Å². The maximum absolute atomic E-state index is 5.46. The van der Waals surface area contributed by atoms with E-state index in [-0.39, 0.29) is 0 Å². The maximum atomic E-state index is 5.46. The van der Waals surface area contributed by atoms with Crippen LogP contribution in [-0.4, -0.2) is 44.8 Å². The summed E-state index contributed by atoms with van der Waals surface area (Å²) < 4.78 is 6.91. The molecule has 0 bridgehead atoms. The zero-order chi connectivity index (χ0) is 13.1. The highest BCUT2D eigenvalue weighted by Gasteiger charge is 2.18. The van der Waals surface area contributed by atoms with E-state index in [2.05, 4.69) is 25.4 Å². The molecule has 0 aromatic carbocycles. The van der Waals surface area contributed by atoms with Gasteiger partial charge in [-0.3, -0.25) is 4.68 Å². The molecule has 0 amide bonds. The van der Waals surface area contributed by atoms with Crippen molar-refractivity contribution in [3.8, 4) is 11.6 Å². The number of aromatic nitrogens is 5. The molecular weight excluding hydrogens is 246 g/mol. The van der Waals surface area contributed by atoms with Crippen LogP contribution in [0.3, 0.4) is 0 Å². The minimum absolute atomic E-state index is 0.406. The zero-order valence-corrected chi connectivity index (χ0v) is 10.7. The minimum Gasteiger partial charge on any atom is -0.338 e. The van der Waals surface area contributed by atoms with Crippen molar-refractivity contribution >= 4 is 5.95 Å². The van der Waals surface area contributed by atoms with Crippen molar-refractivity contribution in [2.24, 2.45) is 5.73 Å². The van der Waals surface area contributed by atoms with Crippen LogP contribution in [-0.2, 0) is 6.54 Å². The second kappa shape index (κ2) is 5.35. The molecule has 19 heavy (non-hydrogen) atoms. The van der Waals surface area contributed by atoms with Gasteiger partial charge >= 0.3 is 0 Å². The summed E-state index contributed by atoms with van der Waals surface area (Å²) in [6.45, 7) is 3.11. The molecule has 3 rings (SSSR count). The summed E-state index contributed by atoms with van der Waals surface area (Å²) in [5, 5.41) is 12.0. The van der Waals surface area contributed by atoms with E-state index in [1.165, 1.54) is 19.3 Å². The van der Waals surface area contributed by atoms with Gasteiger partial charge in [-0.25, -0.2) is 0 Å². The highest BCUT2D eigenvalue weighted by Crippen LogP contribution is 2.20. The summed E-state index contributed by atoms with van der Waals surface area (Å²) in [6.07, 6.45) is 5.39. The van der Waals surface area contributed by atoms with E-state index in [4.69, 9.17) is 10.3 Å². The van der Waals surface area contributed by atoms with Crippen molar-refractivity contribution in [3.63, 3.8) is 0 Å². The monoisotopic (exact) mass is 263 g/mol. The number of hydrogen-bond donors (Lipinski definition) is 1. The molecule has 1 saturated heterocycles. The standard InChI is InChI=1S/C11H17N7O/c12-4-7-18-8-9(14-16-18)10-13-11(15-19-10)17-5-2-1-3-6-17/h8H,1-7,12H2. The van der Waals surface area contributed by atoms with Crippen LogP contribution in [0.2, 0.25) is 0 Å². The molecule has 0 unspecified atom stereocenters. The Bertz CT molecular complexity index is 529. The molecule has 0 radical (unpaired) electrons. The van der Waals surface area contributed by atoms with Crippen molar-refractivity contribution in [1.82, 2.24) is 25.1 Å². The van der Waals surface area contributed by atoms with E-state index in [0.29, 0.717) is 30.6 Å². The van der Waals surface area contributed by atoms with Crippen LogP contribution >= 0.6 is 0 Å². The molecule has 0 saturated carbocycles. The average Bonchev–Trinajstić information content (AvgIpc) is 3.08. The van der Waals surface area contributed by atoms with Gasteiger partial charge in [-0.1, -0.05) is 5.21 Å². The molecule has 2 aromatic heterocycles. The van der Waals surface area contributed by atoms with Gasteiger partial charge in [0, 0.05) is 19.6 Å². The fourth-order valence-corrected chi connectivity index (χ4v) is 2.18. The van der Waals surface area contributed by atoms with Crippen LogP contribution in [0.4, 0.5) is 5.95 Å². The largest absolute Gasteiger partial charge is 0.338 e. The molecule has 102 valence electrons. The molecule has 8 heteroatoms. The molecule has 0 spiro atoms. The minimum atomic E-state index is 0.406. The Morgan fingerprint density at radius 1 is 1.26 bits per heavy atom. The van der Waals surface area contributed by atoms with E-state index in [1.54, 1.807) is 10.9 Å². The predicted molar refractivity (Wildman–Crippen MR) is 68.4 cm³/mol. The van der Waals surface area contributed by atoms with Crippen molar-refractivity contribution in [1.29, 1.82) is 0 Å². The second-order valence-electron chi connectivity index (χ2n) is 4.60. The topological polar surface area (TPSA) is 98.9 Å². The highest BCUT2D eigenvalue weighted by atomic mass is 16.5. The predicted octanol–water partition coefficient (Wildman–Crippen LogP) is 0.277. The van der Waals surface area contributed by atoms with Crippen molar-refractivity contribution in [2.75, 3.05) is 24.5 Å². The molecular formula is C11H17N7O. The lowest BCUT2D eigenvalue weighted by Gasteiger charge is -2.24. The van der Waals surface area contributed by atoms with Gasteiger partial charge in [0.05, 0.1) is 12.7 Å². The third kappa shape index (κ3) is 2.58. The number of nitrogens with two attached hydrogens (primary N) is 1. The number of piperidine rings is 1. The Morgan fingerprint density at radius 3 is 2.89 bits per heavy atom. The quantitative estimate of drug-likeness (QED) is 0.845. The van der Waals surface area contributed by atoms with Gasteiger partial charge in [0.2, 0.25) is 0 Å². The van der Waals surface area contributed by atoms with Gasteiger partial charge in [0.15, 0.2) is 5.69 Å². The van der Waals surface area contributed by atoms with Crippen molar-refractivity contribution in [3.05, 3.63) is 6.20 Å². The van der Waals surface area contributed by atoms with Gasteiger partial charge in [-0.05, 0) is 24.4 Å². The number of anilines is 1. The fourth-order valence-electron chi connectivity index (χ4n) is 2.18. The van der Waals surface area contributed by atoms with Crippen LogP contribution in [0.1, 0.15) is 19.3 Å². The van der Waals surface area contributed by atoms with Crippen molar-refractivity contribution < 1.29 is 4.52 Å². The molecule has 2 N–H and O–H groups in total. The fraction of sp³-hybridized carbons (Fsp3) is 0.636. The maximum Gasteiger partial charge on any atom is 0.281 e. The SMILES string of the molecule is NCCn1cc(-c2nc(N3CCCCC3)no2)nn1. The normalized spacial score (nSPS) is 15.9. The van der Waals surface area contributed by atoms with Crippen LogP contribution in [0.25, 0.3) is 11.6 Å². The molecule has 8 nitrogen and oxygen atoms in total. The van der Waals surface area contributed by atoms with Gasteiger partial charge in [0.25, 0.3) is 11.8 Å². The molecule has 1 aliphatic rings. The second-order valence-corrected chi connectivity index (χ2v) is 4.60. The van der Waals surface area contributed by atoms with E-state index < -0.39 is 0 Å². The number of nitrogens with zero attached hydrogens (tertiary/aromatic N) is 6. The first-order valence-electron chi connectivity index (χ1n) is 6.56. The Hall–Kier alpha value is -1.96. The van der Waals surface area contributed by atoms with Gasteiger partial charge in [0.1, 0.15) is 0 Å². The lowest BCUT2D eigenvalue weighted by molar-refractivity contribution is 0.425. The third-order valence-corrected chi connectivity index (χ3v) is 3.17. The Kier molecular flexibility index (Phi) is 3.41. The Balaban J connectivity index is 1.75. The van der Waals surface area contributed by atoms with E-state index in [9.17, 15) is 0 Å². The molecule has 1 aliphatic heterocycles. The first kappa shape index (κ1) is 12.1. The Morgan fingerprint density at radius 2 is 2.11 bits per heavy atom. The highest BCUT2D eigenvalue weighted by molar-refractivity contribution is 5.46. The number of hydrogen-bond acceptors (Lipinski definition) is 7. The van der Waals surface area contributed by atoms with Crippen LogP contribution in [0.5, 0.6) is 0 Å². The van der Waals surface area contributed by atoms with Crippen LogP contribution < -0.4 is 10.6 Å². The molecule has 3 heterocycles. The van der Waals surface area contributed by atoms with E-state index >= 15 is 0 Å². The third-order valence-electron chi connectivity index (χ3n) is 3.17. The smallest absolute Gasteiger partial charge is 0.281 e. The van der Waals surface area contributed by atoms with Crippen LogP contribution in [0.15, 0.2) is 10.7 Å². The van der Waals surface area contributed by atoms with E-state index in [0.717, 1.165) is 13.1 Å². The van der Waals surface area contributed by atoms with Crippen LogP contribution in [0, 0.1) is 0 Å². The first-order valence-corrected chi connectivity index (χ1v) is 6.56. The molecule has 0 atom stereocenters. The summed E-state index contributed by atoms with van der Waals surface area (Å²) in [7, 11) is 0. The first-order chi connectivity index (χ1) is 9.36. The zero-order valence-electron chi connectivity index (χ0n) is 10.7. The molecule has 2 aromatic rings. The lowest BCUT2D eigenvalue weighted by atomic mass is 10.1. The summed E-state index contributed by atoms with van der Waals surface area (Å²) >= 11 is 0. The summed E-state index contributed by atoms with van der Waals surface area (Å²) in [4.78, 5) is 6.52. The van der Waals surface area contributed by atoms with E-state index in [1.807, 2.05) is 0 Å². The summed E-state index contributed by atoms with van der Waals surface area (Å²) in [5.74, 6) is 1.05. The Labute approximate surface area is 110 Å². The van der Waals surface area contributed by atoms with Crippen molar-refractivity contribution in [2.45, 2.75) is 25.8 Å². The van der Waals surface area contributed by atoms with Gasteiger partial charge < -0.3 is 15.2 Å². The number of rotatable bonds is 4.